The van der Waals surface area contributed by atoms with E-state index in [1.807, 2.05) is 0 Å². The normalized spacial score (nSPS) is 27.3. The Kier molecular flexibility index (Phi) is 2.34. The van der Waals surface area contributed by atoms with Gasteiger partial charge in [0.1, 0.15) is 5.78 Å². The van der Waals surface area contributed by atoms with Crippen molar-refractivity contribution in [3.63, 3.8) is 0 Å². The van der Waals surface area contributed by atoms with E-state index in [0.717, 1.165) is 6.42 Å². The highest BCUT2D eigenvalue weighted by molar-refractivity contribution is 5.82. The fourth-order valence-corrected chi connectivity index (χ4v) is 2.46. The number of ketones is 1. The summed E-state index contributed by atoms with van der Waals surface area (Å²) < 4.78 is 0. The van der Waals surface area contributed by atoms with E-state index in [2.05, 4.69) is 12.2 Å². The molecule has 0 aliphatic heterocycles. The first kappa shape index (κ1) is 8.74. The number of carbonyl (C=O) groups excluding carboxylic acids is 1. The summed E-state index contributed by atoms with van der Waals surface area (Å²) in [5.74, 6) is 0.569. The molecule has 1 unspecified atom stereocenters. The zero-order valence-electron chi connectivity index (χ0n) is 8.18. The van der Waals surface area contributed by atoms with Gasteiger partial charge in [-0.25, -0.2) is 0 Å². The second-order valence-corrected chi connectivity index (χ2v) is 4.06. The molecular formula is C12H16O. The van der Waals surface area contributed by atoms with Gasteiger partial charge in [-0.3, -0.25) is 4.79 Å². The van der Waals surface area contributed by atoms with Gasteiger partial charge >= 0.3 is 0 Å². The average Bonchev–Trinajstić information content (AvgIpc) is 2.17. The lowest BCUT2D eigenvalue weighted by Crippen LogP contribution is -2.19. The molecule has 0 radical (unpaired) electrons. The molecule has 70 valence electrons. The van der Waals surface area contributed by atoms with E-state index in [9.17, 15) is 4.79 Å². The molecule has 1 nitrogen and oxygen atoms in total. The van der Waals surface area contributed by atoms with Gasteiger partial charge in [-0.15, -0.1) is 0 Å². The summed E-state index contributed by atoms with van der Waals surface area (Å²) in [4.78, 5) is 11.4. The Morgan fingerprint density at radius 2 is 2.31 bits per heavy atom. The van der Waals surface area contributed by atoms with Crippen LogP contribution in [-0.2, 0) is 4.79 Å². The lowest BCUT2D eigenvalue weighted by molar-refractivity contribution is -0.119. The van der Waals surface area contributed by atoms with Gasteiger partial charge in [0.2, 0.25) is 0 Å². The van der Waals surface area contributed by atoms with Crippen molar-refractivity contribution in [2.24, 2.45) is 5.92 Å². The molecule has 13 heavy (non-hydrogen) atoms. The van der Waals surface area contributed by atoms with E-state index in [1.165, 1.54) is 31.3 Å². The molecular weight excluding hydrogens is 160 g/mol. The second-order valence-electron chi connectivity index (χ2n) is 4.06. The molecule has 0 heterocycles. The summed E-state index contributed by atoms with van der Waals surface area (Å²) in [6.45, 7) is 1.73. The first-order valence-corrected chi connectivity index (χ1v) is 5.18. The minimum atomic E-state index is 0.222. The molecule has 0 N–H and O–H groups in total. The maximum absolute atomic E-state index is 11.4. The Bertz CT molecular complexity index is 283. The van der Waals surface area contributed by atoms with Gasteiger partial charge in [-0.1, -0.05) is 17.7 Å². The van der Waals surface area contributed by atoms with Crippen molar-refractivity contribution in [2.45, 2.75) is 39.0 Å². The van der Waals surface area contributed by atoms with E-state index in [0.29, 0.717) is 5.78 Å². The summed E-state index contributed by atoms with van der Waals surface area (Å²) in [6.07, 6.45) is 10.3. The van der Waals surface area contributed by atoms with Gasteiger partial charge in [0.05, 0.1) is 0 Å². The molecule has 0 spiro atoms. The third kappa shape index (κ3) is 1.60. The second kappa shape index (κ2) is 3.49. The monoisotopic (exact) mass is 176 g/mol. The largest absolute Gasteiger partial charge is 0.299 e. The minimum Gasteiger partial charge on any atom is -0.299 e. The number of carbonyl (C=O) groups is 1. The molecule has 0 saturated heterocycles. The predicted molar refractivity (Wildman–Crippen MR) is 53.4 cm³/mol. The van der Waals surface area contributed by atoms with Crippen LogP contribution in [0.4, 0.5) is 0 Å². The fourth-order valence-electron chi connectivity index (χ4n) is 2.46. The maximum atomic E-state index is 11.4. The Hall–Kier alpha value is -0.850. The topological polar surface area (TPSA) is 17.1 Å². The van der Waals surface area contributed by atoms with E-state index in [-0.39, 0.29) is 5.92 Å². The standard InChI is InChI=1S/C12H16O/c1-9(13)11-8-4-6-10-5-2-3-7-12(10)11/h3,7,11H,2,4-6,8H2,1H3. The zero-order chi connectivity index (χ0) is 9.26. The van der Waals surface area contributed by atoms with Crippen LogP contribution < -0.4 is 0 Å². The van der Waals surface area contributed by atoms with Crippen molar-refractivity contribution >= 4 is 5.78 Å². The Balaban J connectivity index is 2.31. The highest BCUT2D eigenvalue weighted by Gasteiger charge is 2.25. The van der Waals surface area contributed by atoms with Crippen molar-refractivity contribution in [1.82, 2.24) is 0 Å². The van der Waals surface area contributed by atoms with Crippen molar-refractivity contribution < 1.29 is 4.79 Å². The smallest absolute Gasteiger partial charge is 0.137 e. The lowest BCUT2D eigenvalue weighted by Gasteiger charge is -2.27. The van der Waals surface area contributed by atoms with Crippen LogP contribution in [0.2, 0.25) is 0 Å². The molecule has 0 aromatic rings. The maximum Gasteiger partial charge on any atom is 0.137 e. The van der Waals surface area contributed by atoms with Crippen LogP contribution in [0.25, 0.3) is 0 Å². The van der Waals surface area contributed by atoms with Crippen LogP contribution in [0.3, 0.4) is 0 Å². The molecule has 0 amide bonds. The first-order chi connectivity index (χ1) is 6.29. The van der Waals surface area contributed by atoms with Crippen molar-refractivity contribution in [2.75, 3.05) is 0 Å². The van der Waals surface area contributed by atoms with Crippen LogP contribution in [0.5, 0.6) is 0 Å². The van der Waals surface area contributed by atoms with Gasteiger partial charge in [0.25, 0.3) is 0 Å². The zero-order valence-corrected chi connectivity index (χ0v) is 8.18. The number of rotatable bonds is 1. The Morgan fingerprint density at radius 1 is 1.46 bits per heavy atom. The van der Waals surface area contributed by atoms with Crippen molar-refractivity contribution in [3.8, 4) is 0 Å². The summed E-state index contributed by atoms with van der Waals surface area (Å²) in [5.41, 5.74) is 2.90. The third-order valence-electron chi connectivity index (χ3n) is 3.16. The number of allylic oxidation sites excluding steroid dienone is 4. The summed E-state index contributed by atoms with van der Waals surface area (Å²) >= 11 is 0. The van der Waals surface area contributed by atoms with Gasteiger partial charge in [0.15, 0.2) is 0 Å². The third-order valence-corrected chi connectivity index (χ3v) is 3.16. The lowest BCUT2D eigenvalue weighted by atomic mass is 9.77. The molecule has 2 rings (SSSR count). The van der Waals surface area contributed by atoms with Crippen LogP contribution in [-0.4, -0.2) is 5.78 Å². The summed E-state index contributed by atoms with van der Waals surface area (Å²) in [7, 11) is 0. The fraction of sp³-hybridized carbons (Fsp3) is 0.583. The van der Waals surface area contributed by atoms with Gasteiger partial charge in [-0.2, -0.15) is 0 Å². The minimum absolute atomic E-state index is 0.222. The van der Waals surface area contributed by atoms with Gasteiger partial charge in [0, 0.05) is 5.92 Å². The molecule has 2 aliphatic rings. The molecule has 0 bridgehead atoms. The Morgan fingerprint density at radius 3 is 3.08 bits per heavy atom. The summed E-state index contributed by atoms with van der Waals surface area (Å²) in [6, 6.07) is 0. The van der Waals surface area contributed by atoms with Crippen LogP contribution in [0, 0.1) is 5.92 Å². The molecule has 1 atom stereocenters. The first-order valence-electron chi connectivity index (χ1n) is 5.18. The van der Waals surface area contributed by atoms with Gasteiger partial charge in [-0.05, 0) is 44.6 Å². The SMILES string of the molecule is CC(=O)C1CCCC2=C1C=CCC2. The summed E-state index contributed by atoms with van der Waals surface area (Å²) in [5, 5.41) is 0. The average molecular weight is 176 g/mol. The number of hydrogen-bond donors (Lipinski definition) is 0. The van der Waals surface area contributed by atoms with E-state index < -0.39 is 0 Å². The molecule has 0 aromatic heterocycles. The van der Waals surface area contributed by atoms with Crippen molar-refractivity contribution in [3.05, 3.63) is 23.3 Å². The molecule has 2 aliphatic carbocycles. The van der Waals surface area contributed by atoms with Gasteiger partial charge < -0.3 is 0 Å². The van der Waals surface area contributed by atoms with E-state index >= 15 is 0 Å². The molecule has 1 heteroatoms. The quantitative estimate of drug-likeness (QED) is 0.600. The highest BCUT2D eigenvalue weighted by atomic mass is 16.1. The predicted octanol–water partition coefficient (Wildman–Crippen LogP) is 3.02. The molecule has 0 fully saturated rings. The van der Waals surface area contributed by atoms with Crippen LogP contribution >= 0.6 is 0 Å². The van der Waals surface area contributed by atoms with E-state index in [1.54, 1.807) is 12.5 Å². The Labute approximate surface area is 79.5 Å². The number of hydrogen-bond acceptors (Lipinski definition) is 1. The van der Waals surface area contributed by atoms with Crippen LogP contribution in [0.15, 0.2) is 23.3 Å². The molecule has 0 saturated carbocycles. The van der Waals surface area contributed by atoms with Crippen LogP contribution in [0.1, 0.15) is 39.0 Å². The molecule has 0 aromatic carbocycles. The van der Waals surface area contributed by atoms with Crippen molar-refractivity contribution in [1.29, 1.82) is 0 Å². The van der Waals surface area contributed by atoms with E-state index in [4.69, 9.17) is 0 Å². The highest BCUT2D eigenvalue weighted by Crippen LogP contribution is 2.36. The number of Topliss-reactive ketones (excluding diaryl/α,β-unsaturated/α-hetero) is 1.